The lowest BCUT2D eigenvalue weighted by Crippen LogP contribution is -2.54. The summed E-state index contributed by atoms with van der Waals surface area (Å²) in [6, 6.07) is 18.3. The van der Waals surface area contributed by atoms with E-state index in [0.29, 0.717) is 16.3 Å². The van der Waals surface area contributed by atoms with Crippen LogP contribution in [0.5, 0.6) is 5.75 Å². The Balaban J connectivity index is 1.53. The van der Waals surface area contributed by atoms with Gasteiger partial charge in [0, 0.05) is 5.02 Å². The van der Waals surface area contributed by atoms with Crippen molar-refractivity contribution >= 4 is 47.2 Å². The second-order valence-electron chi connectivity index (χ2n) is 7.30. The number of halogens is 1. The normalized spacial score (nSPS) is 14.8. The molecule has 1 aliphatic heterocycles. The molecule has 1 fully saturated rings. The lowest BCUT2D eigenvalue weighted by atomic mass is 10.1. The number of carbonyl (C=O) groups is 4. The minimum atomic E-state index is -1.01. The number of benzene rings is 3. The summed E-state index contributed by atoms with van der Waals surface area (Å²) in [7, 11) is 0. The minimum Gasteiger partial charge on any atom is -0.489 e. The number of carboxylic acid groups (broad SMARTS) is 1. The van der Waals surface area contributed by atoms with Crippen molar-refractivity contribution < 1.29 is 29.0 Å². The maximum absolute atomic E-state index is 13.0. The predicted octanol–water partition coefficient (Wildman–Crippen LogP) is 4.28. The molecule has 9 heteroatoms. The predicted molar refractivity (Wildman–Crippen MR) is 125 cm³/mol. The van der Waals surface area contributed by atoms with E-state index in [1.807, 2.05) is 0 Å². The van der Waals surface area contributed by atoms with Gasteiger partial charge in [0.05, 0.1) is 11.3 Å². The summed E-state index contributed by atoms with van der Waals surface area (Å²) in [6.07, 6.45) is 1.38. The fraction of sp³-hybridized carbons (Fsp3) is 0.0400. The van der Waals surface area contributed by atoms with Crippen molar-refractivity contribution in [3.8, 4) is 5.75 Å². The fourth-order valence-corrected chi connectivity index (χ4v) is 3.38. The standard InChI is InChI=1S/C25H17ClN2O6/c26-18-8-10-19(11-9-18)28-23(30)21(22(29)27-25(28)33)13-16-2-1-3-20(12-16)34-14-15-4-6-17(7-5-15)24(31)32/h1-13H,14H2,(H,31,32)(H,27,29,33)/b21-13-. The van der Waals surface area contributed by atoms with Gasteiger partial charge >= 0.3 is 12.0 Å². The van der Waals surface area contributed by atoms with Gasteiger partial charge in [-0.2, -0.15) is 0 Å². The number of carboxylic acids is 1. The molecule has 4 amide bonds. The lowest BCUT2D eigenvalue weighted by Gasteiger charge is -2.26. The Labute approximate surface area is 199 Å². The number of imide groups is 2. The van der Waals surface area contributed by atoms with E-state index >= 15 is 0 Å². The lowest BCUT2D eigenvalue weighted by molar-refractivity contribution is -0.122. The van der Waals surface area contributed by atoms with Crippen molar-refractivity contribution in [1.82, 2.24) is 5.32 Å². The largest absolute Gasteiger partial charge is 0.489 e. The monoisotopic (exact) mass is 476 g/mol. The SMILES string of the molecule is O=C1NC(=O)N(c2ccc(Cl)cc2)C(=O)/C1=C\c1cccc(OCc2ccc(C(=O)O)cc2)c1. The summed E-state index contributed by atoms with van der Waals surface area (Å²) in [5.41, 5.74) is 1.53. The highest BCUT2D eigenvalue weighted by Crippen LogP contribution is 2.24. The number of nitrogens with one attached hydrogen (secondary N) is 1. The molecule has 0 spiro atoms. The number of aromatic carboxylic acids is 1. The number of anilines is 1. The third kappa shape index (κ3) is 4.97. The van der Waals surface area contributed by atoms with Gasteiger partial charge in [0.25, 0.3) is 11.8 Å². The van der Waals surface area contributed by atoms with Crippen LogP contribution in [0.25, 0.3) is 6.08 Å². The first-order chi connectivity index (χ1) is 16.3. The number of carbonyl (C=O) groups excluding carboxylic acids is 3. The Kier molecular flexibility index (Phi) is 6.42. The molecule has 0 saturated carbocycles. The van der Waals surface area contributed by atoms with E-state index in [4.69, 9.17) is 21.4 Å². The highest BCUT2D eigenvalue weighted by atomic mass is 35.5. The van der Waals surface area contributed by atoms with Gasteiger partial charge in [-0.25, -0.2) is 14.5 Å². The first-order valence-corrected chi connectivity index (χ1v) is 10.4. The van der Waals surface area contributed by atoms with Crippen LogP contribution in [0.2, 0.25) is 5.02 Å². The van der Waals surface area contributed by atoms with Gasteiger partial charge in [0.1, 0.15) is 17.9 Å². The molecular weight excluding hydrogens is 460 g/mol. The molecule has 3 aromatic rings. The maximum Gasteiger partial charge on any atom is 0.335 e. The second-order valence-corrected chi connectivity index (χ2v) is 7.73. The molecule has 0 unspecified atom stereocenters. The van der Waals surface area contributed by atoms with Crippen LogP contribution < -0.4 is 15.0 Å². The van der Waals surface area contributed by atoms with Crippen molar-refractivity contribution in [2.24, 2.45) is 0 Å². The molecule has 8 nitrogen and oxygen atoms in total. The van der Waals surface area contributed by atoms with E-state index in [1.165, 1.54) is 42.5 Å². The zero-order chi connectivity index (χ0) is 24.2. The van der Waals surface area contributed by atoms with Crippen LogP contribution >= 0.6 is 11.6 Å². The van der Waals surface area contributed by atoms with Crippen LogP contribution in [0.15, 0.2) is 78.4 Å². The zero-order valence-corrected chi connectivity index (χ0v) is 18.3. The third-order valence-corrected chi connectivity index (χ3v) is 5.21. The molecule has 0 bridgehead atoms. The van der Waals surface area contributed by atoms with Crippen molar-refractivity contribution in [2.45, 2.75) is 6.61 Å². The Morgan fingerprint density at radius 1 is 1.00 bits per heavy atom. The van der Waals surface area contributed by atoms with Crippen LogP contribution in [0.3, 0.4) is 0 Å². The first kappa shape index (κ1) is 22.8. The highest BCUT2D eigenvalue weighted by Gasteiger charge is 2.36. The topological polar surface area (TPSA) is 113 Å². The molecule has 0 aliphatic carbocycles. The minimum absolute atomic E-state index is 0.180. The molecule has 34 heavy (non-hydrogen) atoms. The van der Waals surface area contributed by atoms with Crippen molar-refractivity contribution in [2.75, 3.05) is 4.90 Å². The Bertz CT molecular complexity index is 1320. The van der Waals surface area contributed by atoms with E-state index in [9.17, 15) is 19.2 Å². The number of barbiturate groups is 1. The summed E-state index contributed by atoms with van der Waals surface area (Å²) in [4.78, 5) is 49.5. The molecular formula is C25H17ClN2O6. The van der Waals surface area contributed by atoms with Gasteiger partial charge in [-0.05, 0) is 65.7 Å². The van der Waals surface area contributed by atoms with Gasteiger partial charge in [-0.1, -0.05) is 35.9 Å². The number of rotatable bonds is 6. The molecule has 0 aromatic heterocycles. The smallest absolute Gasteiger partial charge is 0.335 e. The number of nitrogens with zero attached hydrogens (tertiary/aromatic N) is 1. The Morgan fingerprint density at radius 2 is 1.71 bits per heavy atom. The quantitative estimate of drug-likeness (QED) is 0.405. The molecule has 4 rings (SSSR count). The molecule has 1 saturated heterocycles. The number of ether oxygens (including phenoxy) is 1. The first-order valence-electron chi connectivity index (χ1n) is 10.0. The molecule has 1 heterocycles. The summed E-state index contributed by atoms with van der Waals surface area (Å²) in [5.74, 6) is -2.09. The van der Waals surface area contributed by atoms with Crippen LogP contribution in [0.1, 0.15) is 21.5 Å². The summed E-state index contributed by atoms with van der Waals surface area (Å²) >= 11 is 5.88. The maximum atomic E-state index is 13.0. The summed E-state index contributed by atoms with van der Waals surface area (Å²) in [5, 5.41) is 11.6. The summed E-state index contributed by atoms with van der Waals surface area (Å²) in [6.45, 7) is 0.193. The van der Waals surface area contributed by atoms with E-state index in [0.717, 1.165) is 10.5 Å². The highest BCUT2D eigenvalue weighted by molar-refractivity contribution is 6.39. The molecule has 0 atom stereocenters. The fourth-order valence-electron chi connectivity index (χ4n) is 3.25. The molecule has 2 N–H and O–H groups in total. The Hall–Kier alpha value is -4.43. The number of hydrogen-bond donors (Lipinski definition) is 2. The number of amides is 4. The van der Waals surface area contributed by atoms with E-state index in [2.05, 4.69) is 5.32 Å². The average molecular weight is 477 g/mol. The molecule has 1 aliphatic rings. The van der Waals surface area contributed by atoms with E-state index in [-0.39, 0.29) is 23.4 Å². The van der Waals surface area contributed by atoms with Crippen molar-refractivity contribution in [3.63, 3.8) is 0 Å². The molecule has 3 aromatic carbocycles. The third-order valence-electron chi connectivity index (χ3n) is 4.96. The summed E-state index contributed by atoms with van der Waals surface area (Å²) < 4.78 is 5.76. The Morgan fingerprint density at radius 3 is 2.38 bits per heavy atom. The van der Waals surface area contributed by atoms with Crippen molar-refractivity contribution in [3.05, 3.63) is 100 Å². The average Bonchev–Trinajstić information content (AvgIpc) is 2.82. The molecule has 170 valence electrons. The zero-order valence-electron chi connectivity index (χ0n) is 17.5. The molecule has 0 radical (unpaired) electrons. The second kappa shape index (κ2) is 9.60. The van der Waals surface area contributed by atoms with E-state index in [1.54, 1.807) is 36.4 Å². The number of urea groups is 1. The van der Waals surface area contributed by atoms with Gasteiger partial charge in [0.2, 0.25) is 0 Å². The van der Waals surface area contributed by atoms with Gasteiger partial charge < -0.3 is 9.84 Å². The van der Waals surface area contributed by atoms with Gasteiger partial charge in [-0.3, -0.25) is 14.9 Å². The van der Waals surface area contributed by atoms with Gasteiger partial charge in [0.15, 0.2) is 0 Å². The van der Waals surface area contributed by atoms with Gasteiger partial charge in [-0.15, -0.1) is 0 Å². The number of hydrogen-bond acceptors (Lipinski definition) is 5. The van der Waals surface area contributed by atoms with Crippen LogP contribution in [0, 0.1) is 0 Å². The van der Waals surface area contributed by atoms with Crippen LogP contribution in [-0.4, -0.2) is 28.9 Å². The van der Waals surface area contributed by atoms with E-state index < -0.39 is 23.8 Å². The van der Waals surface area contributed by atoms with Crippen LogP contribution in [-0.2, 0) is 16.2 Å². The van der Waals surface area contributed by atoms with Crippen LogP contribution in [0.4, 0.5) is 10.5 Å². The van der Waals surface area contributed by atoms with Crippen molar-refractivity contribution in [1.29, 1.82) is 0 Å².